The monoisotopic (exact) mass is 220 g/mol. The summed E-state index contributed by atoms with van der Waals surface area (Å²) in [5, 5.41) is -0.0810. The molecule has 1 rings (SSSR count). The maximum atomic E-state index is 10.4. The van der Waals surface area contributed by atoms with Gasteiger partial charge in [-0.25, -0.2) is 0 Å². The molecule has 1 heterocycles. The van der Waals surface area contributed by atoms with Crippen LogP contribution in [-0.4, -0.2) is 69.3 Å². The summed E-state index contributed by atoms with van der Waals surface area (Å²) in [5.41, 5.74) is 0. The normalized spacial score (nSPS) is 10.7. The van der Waals surface area contributed by atoms with E-state index in [-0.39, 0.29) is 61.4 Å². The van der Waals surface area contributed by atoms with Crippen LogP contribution in [0, 0.1) is 0 Å². The van der Waals surface area contributed by atoms with Gasteiger partial charge in [-0.05, 0) is 6.07 Å². The molecule has 1 radical (unpaired) electrons. The Morgan fingerprint density at radius 2 is 2.09 bits per heavy atom. The fourth-order valence-electron chi connectivity index (χ4n) is 0.534. The Kier molecular flexibility index (Phi) is 4.82. The van der Waals surface area contributed by atoms with Crippen molar-refractivity contribution in [3.05, 3.63) is 17.4 Å². The molecule has 11 heavy (non-hydrogen) atoms. The smallest absolute Gasteiger partial charge is 0.297 e. The van der Waals surface area contributed by atoms with Gasteiger partial charge in [0.05, 0.1) is 0 Å². The number of aromatic nitrogens is 1. The Bertz CT molecular complexity index is 333. The molecule has 0 fully saturated rings. The molecule has 4 nitrogen and oxygen atoms in total. The average Bonchev–Trinajstić information content (AvgIpc) is 2.11. The third kappa shape index (κ3) is 3.15. The number of hydrogen-bond acceptors (Lipinski definition) is 2. The first-order valence-corrected chi connectivity index (χ1v) is 4.14. The van der Waals surface area contributed by atoms with Crippen molar-refractivity contribution in [1.82, 2.24) is 4.98 Å². The van der Waals surface area contributed by atoms with Crippen molar-refractivity contribution in [2.75, 3.05) is 0 Å². The van der Waals surface area contributed by atoms with Crippen LogP contribution in [0.5, 0.6) is 0 Å². The third-order valence-corrected chi connectivity index (χ3v) is 2.26. The molecule has 0 aromatic carbocycles. The van der Waals surface area contributed by atoms with Crippen LogP contribution in [0.1, 0.15) is 0 Å². The second-order valence-electron chi connectivity index (χ2n) is 1.63. The van der Waals surface area contributed by atoms with Gasteiger partial charge in [0.2, 0.25) is 0 Å². The molecule has 1 aromatic heterocycles. The first-order chi connectivity index (χ1) is 4.52. The first kappa shape index (κ1) is 12.1. The molecule has 0 atom stereocenters. The molecule has 2 N–H and O–H groups in total. The van der Waals surface area contributed by atoms with E-state index in [4.69, 9.17) is 16.2 Å². The maximum absolute atomic E-state index is 10.4. The van der Waals surface area contributed by atoms with Crippen LogP contribution in [0.25, 0.3) is 0 Å². The minimum Gasteiger partial charge on any atom is -0.351 e. The first-order valence-electron chi connectivity index (χ1n) is 2.32. The number of rotatable bonds is 1. The Morgan fingerprint density at radius 1 is 1.55 bits per heavy atom. The van der Waals surface area contributed by atoms with E-state index in [9.17, 15) is 8.42 Å². The van der Waals surface area contributed by atoms with Crippen LogP contribution in [0.15, 0.2) is 17.2 Å². The van der Waals surface area contributed by atoms with E-state index in [0.29, 0.717) is 0 Å². The summed E-state index contributed by atoms with van der Waals surface area (Å²) in [6.45, 7) is 0. The molecule has 0 aliphatic rings. The molecule has 0 unspecified atom stereocenters. The van der Waals surface area contributed by atoms with Gasteiger partial charge in [-0.2, -0.15) is 8.42 Å². The van der Waals surface area contributed by atoms with E-state index in [1.807, 2.05) is 0 Å². The Labute approximate surface area is 111 Å². The van der Waals surface area contributed by atoms with Gasteiger partial charge >= 0.3 is 0 Å². The Balaban J connectivity index is 0.000001000. The van der Waals surface area contributed by atoms with Crippen LogP contribution >= 0.6 is 11.6 Å². The number of H-pyrrole nitrogens is 1. The fraction of sp³-hybridized carbons (Fsp3) is 0. The summed E-state index contributed by atoms with van der Waals surface area (Å²) < 4.78 is 29.2. The van der Waals surface area contributed by atoms with Crippen LogP contribution in [-0.2, 0) is 10.1 Å². The minimum atomic E-state index is -4.15. The van der Waals surface area contributed by atoms with Gasteiger partial charge in [0.15, 0.2) is 0 Å². The van der Waals surface area contributed by atoms with Gasteiger partial charge in [0, 0.05) is 57.6 Å². The van der Waals surface area contributed by atoms with E-state index in [0.717, 1.165) is 0 Å². The van der Waals surface area contributed by atoms with Crippen LogP contribution in [0.2, 0.25) is 5.15 Å². The zero-order valence-corrected chi connectivity index (χ0v) is 10.4. The topological polar surface area (TPSA) is 70.2 Å². The predicted molar refractivity (Wildman–Crippen MR) is 41.4 cm³/mol. The molecule has 0 aliphatic carbocycles. The summed E-state index contributed by atoms with van der Waals surface area (Å²) >= 11 is 5.33. The molecule has 1 aromatic rings. The minimum absolute atomic E-state index is 0. The molecular weight excluding hydrogens is 217 g/mol. The summed E-state index contributed by atoms with van der Waals surface area (Å²) in [4.78, 5) is 2.10. The standard InChI is InChI=1S/C4H4ClNO3S.K/c5-4-3(1-2-6-4)10(7,8)9;/h1-2,6H,(H,7,8,9);. The molecule has 7 heteroatoms. The number of hydrogen-bond donors (Lipinski definition) is 2. The number of aromatic amines is 1. The molecular formula is C4H4ClKNO3S. The molecule has 0 saturated heterocycles. The summed E-state index contributed by atoms with van der Waals surface area (Å²) in [7, 11) is -4.15. The van der Waals surface area contributed by atoms with E-state index in [1.54, 1.807) is 0 Å². The fourth-order valence-corrected chi connectivity index (χ4v) is 1.48. The van der Waals surface area contributed by atoms with Crippen LogP contribution in [0.4, 0.5) is 0 Å². The summed E-state index contributed by atoms with van der Waals surface area (Å²) in [5.74, 6) is 0. The quantitative estimate of drug-likeness (QED) is 0.536. The SMILES string of the molecule is O=S(=O)(O)c1cc[nH]c1Cl.[K]. The van der Waals surface area contributed by atoms with Gasteiger partial charge in [0.25, 0.3) is 10.1 Å². The van der Waals surface area contributed by atoms with Crippen molar-refractivity contribution in [3.63, 3.8) is 0 Å². The number of nitrogens with one attached hydrogen (secondary N) is 1. The van der Waals surface area contributed by atoms with Crippen molar-refractivity contribution >= 4 is 73.1 Å². The van der Waals surface area contributed by atoms with Gasteiger partial charge < -0.3 is 4.98 Å². The number of halogens is 1. The zero-order chi connectivity index (χ0) is 7.78. The molecule has 0 spiro atoms. The average molecular weight is 221 g/mol. The van der Waals surface area contributed by atoms with Gasteiger partial charge in [-0.1, -0.05) is 11.6 Å². The second kappa shape index (κ2) is 4.38. The van der Waals surface area contributed by atoms with Crippen molar-refractivity contribution < 1.29 is 13.0 Å². The third-order valence-electron chi connectivity index (χ3n) is 0.939. The van der Waals surface area contributed by atoms with E-state index in [2.05, 4.69) is 4.98 Å². The Morgan fingerprint density at radius 3 is 2.27 bits per heavy atom. The van der Waals surface area contributed by atoms with Gasteiger partial charge in [-0.15, -0.1) is 0 Å². The van der Waals surface area contributed by atoms with Gasteiger partial charge in [0.1, 0.15) is 10.0 Å². The molecule has 0 saturated carbocycles. The largest absolute Gasteiger partial charge is 0.351 e. The second-order valence-corrected chi connectivity index (χ2v) is 3.40. The zero-order valence-electron chi connectivity index (χ0n) is 5.70. The van der Waals surface area contributed by atoms with E-state index < -0.39 is 10.1 Å². The maximum Gasteiger partial charge on any atom is 0.297 e. The van der Waals surface area contributed by atoms with Crippen LogP contribution < -0.4 is 0 Å². The molecule has 0 aliphatic heterocycles. The van der Waals surface area contributed by atoms with E-state index >= 15 is 0 Å². The molecule has 0 amide bonds. The van der Waals surface area contributed by atoms with Crippen LogP contribution in [0.3, 0.4) is 0 Å². The summed E-state index contributed by atoms with van der Waals surface area (Å²) in [6.07, 6.45) is 1.32. The van der Waals surface area contributed by atoms with Crippen molar-refractivity contribution in [1.29, 1.82) is 0 Å². The Hall–Kier alpha value is 1.12. The predicted octanol–water partition coefficient (Wildman–Crippen LogP) is 0.534. The van der Waals surface area contributed by atoms with Crippen molar-refractivity contribution in [2.45, 2.75) is 4.90 Å². The van der Waals surface area contributed by atoms with Gasteiger partial charge in [-0.3, -0.25) is 4.55 Å². The van der Waals surface area contributed by atoms with Crippen molar-refractivity contribution in [2.24, 2.45) is 0 Å². The van der Waals surface area contributed by atoms with E-state index in [1.165, 1.54) is 12.3 Å². The summed E-state index contributed by atoms with van der Waals surface area (Å²) in [6, 6.07) is 1.18. The molecule has 57 valence electrons. The molecule has 0 bridgehead atoms. The van der Waals surface area contributed by atoms with Crippen molar-refractivity contribution in [3.8, 4) is 0 Å².